The summed E-state index contributed by atoms with van der Waals surface area (Å²) >= 11 is 0. The lowest BCUT2D eigenvalue weighted by molar-refractivity contribution is -0.614. The van der Waals surface area contributed by atoms with Crippen molar-refractivity contribution in [2.45, 2.75) is 52.5 Å². The Morgan fingerprint density at radius 3 is 0.704 bits per heavy atom. The molecular formula is C11H3F15O. The summed E-state index contributed by atoms with van der Waals surface area (Å²) in [6.07, 6.45) is 0. The molecule has 0 amide bonds. The molecule has 4 rings (SSSR count). The molecule has 4 aliphatic rings. The molecule has 158 valence electrons. The topological polar surface area (TPSA) is 20.2 Å². The highest BCUT2D eigenvalue weighted by molar-refractivity contribution is 5.52. The summed E-state index contributed by atoms with van der Waals surface area (Å²) in [5.41, 5.74) is -29.5. The highest BCUT2D eigenvalue weighted by Gasteiger charge is 3.22. The molecule has 1 nitrogen and oxygen atoms in total. The van der Waals surface area contributed by atoms with E-state index in [-0.39, 0.29) is 0 Å². The van der Waals surface area contributed by atoms with Crippen LogP contribution in [0.2, 0.25) is 0 Å². The number of hydrogen-bond donors (Lipinski definition) is 1. The molecule has 0 unspecified atom stereocenters. The predicted octanol–water partition coefficient (Wildman–Crippen LogP) is 3.94. The standard InChI is InChI=1S/C11H3F15O/c12-3-6(15,16)2(1-27)7(17,18)4(13,9(3,21)22)11(25,26)5(14,8(2,19)20)10(3,23)24/h27H,1H2. The Morgan fingerprint density at radius 2 is 0.556 bits per heavy atom. The molecule has 0 aliphatic heterocycles. The number of hydrogen-bond acceptors (Lipinski definition) is 1. The lowest BCUT2D eigenvalue weighted by atomic mass is 9.37. The monoisotopic (exact) mass is 436 g/mol. The van der Waals surface area contributed by atoms with Crippen LogP contribution in [0.1, 0.15) is 0 Å². The van der Waals surface area contributed by atoms with E-state index in [0.717, 1.165) is 0 Å². The maximum absolute atomic E-state index is 14.3. The maximum atomic E-state index is 14.3. The Hall–Kier alpha value is -1.09. The first-order valence-electron chi connectivity index (χ1n) is 6.50. The van der Waals surface area contributed by atoms with Crippen LogP contribution in [0.4, 0.5) is 65.9 Å². The van der Waals surface area contributed by atoms with Gasteiger partial charge in [-0.15, -0.1) is 0 Å². The SMILES string of the molecule is OCC12C(F)(F)C3(F)C(F)(F)C(F)(C(F)(F)C(F)(C3(F)F)C1(F)F)C2(F)F. The molecule has 0 radical (unpaired) electrons. The van der Waals surface area contributed by atoms with Crippen molar-refractivity contribution in [2.24, 2.45) is 5.41 Å². The van der Waals surface area contributed by atoms with Gasteiger partial charge in [-0.3, -0.25) is 0 Å². The first-order valence-corrected chi connectivity index (χ1v) is 6.50. The fourth-order valence-corrected chi connectivity index (χ4v) is 4.26. The Morgan fingerprint density at radius 1 is 0.370 bits per heavy atom. The predicted molar refractivity (Wildman–Crippen MR) is 50.7 cm³/mol. The molecule has 0 spiro atoms. The van der Waals surface area contributed by atoms with E-state index >= 15 is 0 Å². The smallest absolute Gasteiger partial charge is 0.339 e. The number of halogens is 15. The lowest BCUT2D eigenvalue weighted by Gasteiger charge is -2.75. The summed E-state index contributed by atoms with van der Waals surface area (Å²) in [6, 6.07) is 0. The molecular weight excluding hydrogens is 433 g/mol. The van der Waals surface area contributed by atoms with E-state index in [9.17, 15) is 65.9 Å². The molecule has 4 bridgehead atoms. The number of alkyl halides is 15. The van der Waals surface area contributed by atoms with E-state index in [1.54, 1.807) is 0 Å². The second kappa shape index (κ2) is 3.97. The van der Waals surface area contributed by atoms with Crippen LogP contribution in [0.3, 0.4) is 0 Å². The minimum absolute atomic E-state index is 3.70. The number of rotatable bonds is 1. The summed E-state index contributed by atoms with van der Waals surface area (Å²) in [6.45, 7) is -3.70. The molecule has 0 heterocycles. The van der Waals surface area contributed by atoms with Gasteiger partial charge in [0.25, 0.3) is 0 Å². The molecule has 4 aliphatic carbocycles. The maximum Gasteiger partial charge on any atom is 0.339 e. The van der Waals surface area contributed by atoms with Crippen LogP contribution in [0.5, 0.6) is 0 Å². The van der Waals surface area contributed by atoms with Crippen LogP contribution in [0, 0.1) is 5.41 Å². The first-order chi connectivity index (χ1) is 11.6. The second-order valence-corrected chi connectivity index (χ2v) is 6.49. The van der Waals surface area contributed by atoms with Crippen LogP contribution >= 0.6 is 0 Å². The summed E-state index contributed by atoms with van der Waals surface area (Å²) in [7, 11) is 0. The normalized spacial score (nSPS) is 52.0. The molecule has 0 saturated heterocycles. The van der Waals surface area contributed by atoms with Gasteiger partial charge < -0.3 is 5.11 Å². The fraction of sp³-hybridized carbons (Fsp3) is 1.00. The van der Waals surface area contributed by atoms with Gasteiger partial charge in [0.2, 0.25) is 0 Å². The van der Waals surface area contributed by atoms with Crippen molar-refractivity contribution in [3.63, 3.8) is 0 Å². The molecule has 27 heavy (non-hydrogen) atoms. The van der Waals surface area contributed by atoms with E-state index in [1.165, 1.54) is 0 Å². The van der Waals surface area contributed by atoms with E-state index in [0.29, 0.717) is 0 Å². The van der Waals surface area contributed by atoms with Crippen LogP contribution in [0.25, 0.3) is 0 Å². The van der Waals surface area contributed by atoms with Gasteiger partial charge in [-0.2, -0.15) is 26.3 Å². The van der Waals surface area contributed by atoms with Gasteiger partial charge in [0.05, 0.1) is 6.61 Å². The Balaban J connectivity index is 2.73. The molecule has 1 N–H and O–H groups in total. The van der Waals surface area contributed by atoms with Crippen LogP contribution < -0.4 is 0 Å². The van der Waals surface area contributed by atoms with Crippen LogP contribution in [0.15, 0.2) is 0 Å². The molecule has 0 aromatic carbocycles. The van der Waals surface area contributed by atoms with Crippen molar-refractivity contribution in [1.29, 1.82) is 0 Å². The minimum Gasteiger partial charge on any atom is -0.395 e. The highest BCUT2D eigenvalue weighted by Crippen LogP contribution is 2.90. The molecule has 0 atom stereocenters. The summed E-state index contributed by atoms with van der Waals surface area (Å²) < 4.78 is 210. The lowest BCUT2D eigenvalue weighted by Crippen LogP contribution is -3.08. The first kappa shape index (κ1) is 20.6. The van der Waals surface area contributed by atoms with Crippen molar-refractivity contribution in [3.05, 3.63) is 0 Å². The Labute approximate surface area is 137 Å². The van der Waals surface area contributed by atoms with Crippen LogP contribution in [-0.4, -0.2) is 64.3 Å². The zero-order valence-corrected chi connectivity index (χ0v) is 11.8. The molecule has 0 aromatic rings. The van der Waals surface area contributed by atoms with Crippen molar-refractivity contribution >= 4 is 0 Å². The fourth-order valence-electron chi connectivity index (χ4n) is 4.26. The third-order valence-electron chi connectivity index (χ3n) is 5.74. The number of aliphatic hydroxyl groups is 1. The Bertz CT molecular complexity index is 612. The minimum atomic E-state index is -7.79. The number of aliphatic hydroxyl groups excluding tert-OH is 1. The van der Waals surface area contributed by atoms with Crippen molar-refractivity contribution in [3.8, 4) is 0 Å². The summed E-state index contributed by atoms with van der Waals surface area (Å²) in [5.74, 6) is -45.8. The average molecular weight is 436 g/mol. The van der Waals surface area contributed by atoms with E-state index in [2.05, 4.69) is 0 Å². The van der Waals surface area contributed by atoms with Gasteiger partial charge >= 0.3 is 52.5 Å². The van der Waals surface area contributed by atoms with Gasteiger partial charge in [-0.1, -0.05) is 0 Å². The largest absolute Gasteiger partial charge is 0.395 e. The van der Waals surface area contributed by atoms with E-state index < -0.39 is 64.6 Å². The second-order valence-electron chi connectivity index (χ2n) is 6.49. The zero-order chi connectivity index (χ0) is 21.7. The van der Waals surface area contributed by atoms with Gasteiger partial charge in [-0.25, -0.2) is 39.5 Å². The molecule has 0 aromatic heterocycles. The molecule has 4 saturated carbocycles. The van der Waals surface area contributed by atoms with Crippen molar-refractivity contribution in [2.75, 3.05) is 6.61 Å². The van der Waals surface area contributed by atoms with Gasteiger partial charge in [0.1, 0.15) is 0 Å². The van der Waals surface area contributed by atoms with E-state index in [4.69, 9.17) is 5.11 Å². The van der Waals surface area contributed by atoms with Gasteiger partial charge in [-0.05, 0) is 0 Å². The van der Waals surface area contributed by atoms with Crippen LogP contribution in [-0.2, 0) is 0 Å². The summed E-state index contributed by atoms with van der Waals surface area (Å²) in [4.78, 5) is 0. The van der Waals surface area contributed by atoms with Crippen molar-refractivity contribution in [1.82, 2.24) is 0 Å². The summed E-state index contributed by atoms with van der Waals surface area (Å²) in [5, 5.41) is 8.62. The molecule has 4 fully saturated rings. The van der Waals surface area contributed by atoms with E-state index in [1.807, 2.05) is 0 Å². The van der Waals surface area contributed by atoms with Gasteiger partial charge in [0, 0.05) is 0 Å². The quantitative estimate of drug-likeness (QED) is 0.618. The highest BCUT2D eigenvalue weighted by atomic mass is 19.3. The van der Waals surface area contributed by atoms with Gasteiger partial charge in [0.15, 0.2) is 5.41 Å². The average Bonchev–Trinajstić information content (AvgIpc) is 2.48. The molecule has 16 heteroatoms. The zero-order valence-electron chi connectivity index (χ0n) is 11.8. The van der Waals surface area contributed by atoms with Crippen molar-refractivity contribution < 1.29 is 71.0 Å². The Kier molecular flexibility index (Phi) is 3.03. The third-order valence-corrected chi connectivity index (χ3v) is 5.74. The third kappa shape index (κ3) is 1.08.